The summed E-state index contributed by atoms with van der Waals surface area (Å²) in [5.41, 5.74) is -0.908. The monoisotopic (exact) mass is 473 g/mol. The van der Waals surface area contributed by atoms with Crippen molar-refractivity contribution in [1.29, 1.82) is 5.26 Å². The molecule has 178 valence electrons. The lowest BCUT2D eigenvalue weighted by Gasteiger charge is -2.23. The SMILES string of the molecule is Cc1nc(CC(=O)NC2(C#N)CC2)c(C2OC=CO2)c(N[C@H](C)c2cccc(C(F)F)c2F)n1. The molecule has 2 aliphatic rings. The minimum absolute atomic E-state index is 0.0235. The quantitative estimate of drug-likeness (QED) is 0.589. The van der Waals surface area contributed by atoms with E-state index in [9.17, 15) is 23.2 Å². The van der Waals surface area contributed by atoms with Crippen LogP contribution in [0.25, 0.3) is 0 Å². The van der Waals surface area contributed by atoms with Gasteiger partial charge in [-0.05, 0) is 26.7 Å². The Bertz CT molecular complexity index is 1170. The first-order valence-electron chi connectivity index (χ1n) is 10.6. The van der Waals surface area contributed by atoms with Gasteiger partial charge in [0.2, 0.25) is 5.91 Å². The molecular weight excluding hydrogens is 451 g/mol. The standard InChI is InChI=1S/C23H22F3N5O3/c1-12(14-4-3-5-15(19(14)24)20(25)26)28-21-18(22-33-8-9-34-22)16(29-13(2)30-21)10-17(32)31-23(11-27)6-7-23/h3-5,8-9,12,20,22H,6-7,10H2,1-2H3,(H,31,32)(H,28,29,30)/t12-/m1/s1. The molecule has 1 aliphatic heterocycles. The molecule has 0 spiro atoms. The molecule has 0 unspecified atom stereocenters. The van der Waals surface area contributed by atoms with Crippen molar-refractivity contribution in [1.82, 2.24) is 15.3 Å². The predicted octanol–water partition coefficient (Wildman–Crippen LogP) is 4.27. The van der Waals surface area contributed by atoms with E-state index in [0.717, 1.165) is 6.07 Å². The number of nitrogens with zero attached hydrogens (tertiary/aromatic N) is 3. The summed E-state index contributed by atoms with van der Waals surface area (Å²) in [4.78, 5) is 21.4. The summed E-state index contributed by atoms with van der Waals surface area (Å²) in [6, 6.07) is 5.13. The molecule has 0 bridgehead atoms. The van der Waals surface area contributed by atoms with Crippen molar-refractivity contribution in [3.05, 3.63) is 64.7 Å². The number of hydrogen-bond donors (Lipinski definition) is 2. The van der Waals surface area contributed by atoms with E-state index in [4.69, 9.17) is 9.47 Å². The van der Waals surface area contributed by atoms with E-state index in [1.165, 1.54) is 24.7 Å². The molecule has 1 atom stereocenters. The van der Waals surface area contributed by atoms with Gasteiger partial charge in [0.15, 0.2) is 0 Å². The van der Waals surface area contributed by atoms with Crippen LogP contribution in [-0.2, 0) is 20.7 Å². The van der Waals surface area contributed by atoms with Crippen molar-refractivity contribution in [2.24, 2.45) is 0 Å². The lowest BCUT2D eigenvalue weighted by Crippen LogP contribution is -2.37. The third kappa shape index (κ3) is 4.76. The Labute approximate surface area is 193 Å². The highest BCUT2D eigenvalue weighted by Gasteiger charge is 2.44. The molecule has 2 heterocycles. The fraction of sp³-hybridized carbons (Fsp3) is 0.391. The highest BCUT2D eigenvalue weighted by atomic mass is 19.3. The van der Waals surface area contributed by atoms with Crippen LogP contribution >= 0.6 is 0 Å². The third-order valence-corrected chi connectivity index (χ3v) is 5.62. The van der Waals surface area contributed by atoms with Gasteiger partial charge in [-0.25, -0.2) is 23.1 Å². The van der Waals surface area contributed by atoms with Gasteiger partial charge >= 0.3 is 0 Å². The Kier molecular flexibility index (Phi) is 6.32. The van der Waals surface area contributed by atoms with E-state index in [0.29, 0.717) is 29.9 Å². The molecule has 0 saturated heterocycles. The lowest BCUT2D eigenvalue weighted by atomic mass is 10.0. The minimum Gasteiger partial charge on any atom is -0.455 e. The molecule has 2 N–H and O–H groups in total. The van der Waals surface area contributed by atoms with Gasteiger partial charge in [0.1, 0.15) is 35.5 Å². The van der Waals surface area contributed by atoms with E-state index >= 15 is 0 Å². The molecule has 1 aliphatic carbocycles. The van der Waals surface area contributed by atoms with E-state index in [2.05, 4.69) is 26.7 Å². The van der Waals surface area contributed by atoms with Crippen LogP contribution in [0.3, 0.4) is 0 Å². The van der Waals surface area contributed by atoms with Crippen molar-refractivity contribution in [2.45, 2.75) is 57.4 Å². The maximum absolute atomic E-state index is 14.7. The normalized spacial score (nSPS) is 17.0. The minimum atomic E-state index is -2.95. The number of nitrogens with one attached hydrogen (secondary N) is 2. The average Bonchev–Trinajstić information content (AvgIpc) is 3.33. The van der Waals surface area contributed by atoms with Gasteiger partial charge in [0.25, 0.3) is 12.7 Å². The second-order valence-corrected chi connectivity index (χ2v) is 8.19. The van der Waals surface area contributed by atoms with Gasteiger partial charge in [0.05, 0.1) is 35.4 Å². The highest BCUT2D eigenvalue weighted by molar-refractivity contribution is 5.80. The predicted molar refractivity (Wildman–Crippen MR) is 114 cm³/mol. The van der Waals surface area contributed by atoms with Crippen LogP contribution in [-0.4, -0.2) is 21.4 Å². The van der Waals surface area contributed by atoms with E-state index in [1.54, 1.807) is 13.8 Å². The highest BCUT2D eigenvalue weighted by Crippen LogP contribution is 2.36. The van der Waals surface area contributed by atoms with Gasteiger partial charge in [-0.3, -0.25) is 4.79 Å². The van der Waals surface area contributed by atoms with Crippen molar-refractivity contribution < 1.29 is 27.4 Å². The zero-order valence-corrected chi connectivity index (χ0v) is 18.4. The van der Waals surface area contributed by atoms with Crippen LogP contribution in [0.1, 0.15) is 66.7 Å². The first-order valence-corrected chi connectivity index (χ1v) is 10.6. The third-order valence-electron chi connectivity index (χ3n) is 5.62. The number of alkyl halides is 2. The molecule has 1 aromatic carbocycles. The van der Waals surface area contributed by atoms with Crippen LogP contribution in [0, 0.1) is 24.1 Å². The molecular formula is C23H22F3N5O3. The van der Waals surface area contributed by atoms with E-state index < -0.39 is 41.6 Å². The van der Waals surface area contributed by atoms with Crippen LogP contribution < -0.4 is 10.6 Å². The first-order chi connectivity index (χ1) is 16.2. The molecule has 1 fully saturated rings. The number of aromatic nitrogens is 2. The van der Waals surface area contributed by atoms with E-state index in [1.807, 2.05) is 0 Å². The fourth-order valence-corrected chi connectivity index (χ4v) is 3.71. The number of nitriles is 1. The van der Waals surface area contributed by atoms with Crippen molar-refractivity contribution >= 4 is 11.7 Å². The first kappa shape index (κ1) is 23.4. The summed E-state index contributed by atoms with van der Waals surface area (Å²) in [6.07, 6.45) is -0.299. The number of carbonyl (C=O) groups excluding carboxylic acids is 1. The maximum atomic E-state index is 14.7. The molecule has 11 heteroatoms. The zero-order valence-electron chi connectivity index (χ0n) is 18.4. The van der Waals surface area contributed by atoms with Gasteiger partial charge in [-0.1, -0.05) is 18.2 Å². The number of amides is 1. The van der Waals surface area contributed by atoms with Crippen LogP contribution in [0.4, 0.5) is 19.0 Å². The Morgan fingerprint density at radius 2 is 1.94 bits per heavy atom. The fourth-order valence-electron chi connectivity index (χ4n) is 3.71. The number of halogens is 3. The van der Waals surface area contributed by atoms with Crippen LogP contribution in [0.15, 0.2) is 30.7 Å². The van der Waals surface area contributed by atoms with Crippen LogP contribution in [0.2, 0.25) is 0 Å². The van der Waals surface area contributed by atoms with Crippen molar-refractivity contribution in [3.8, 4) is 6.07 Å². The summed E-state index contributed by atoms with van der Waals surface area (Å²) in [7, 11) is 0. The molecule has 2 aromatic rings. The molecule has 1 amide bonds. The molecule has 4 rings (SSSR count). The smallest absolute Gasteiger partial charge is 0.271 e. The summed E-state index contributed by atoms with van der Waals surface area (Å²) in [6.45, 7) is 3.21. The van der Waals surface area contributed by atoms with Gasteiger partial charge in [0, 0.05) is 5.56 Å². The number of aryl methyl sites for hydroxylation is 1. The molecule has 34 heavy (non-hydrogen) atoms. The second kappa shape index (κ2) is 9.21. The summed E-state index contributed by atoms with van der Waals surface area (Å²) in [5.74, 6) is -0.889. The molecule has 8 nitrogen and oxygen atoms in total. The topological polar surface area (TPSA) is 109 Å². The van der Waals surface area contributed by atoms with Gasteiger partial charge < -0.3 is 20.1 Å². The zero-order chi connectivity index (χ0) is 24.5. The summed E-state index contributed by atoms with van der Waals surface area (Å²) in [5, 5.41) is 15.0. The Balaban J connectivity index is 1.66. The number of ether oxygens (including phenoxy) is 2. The Morgan fingerprint density at radius 1 is 1.26 bits per heavy atom. The number of hydrogen-bond acceptors (Lipinski definition) is 7. The molecule has 1 saturated carbocycles. The summed E-state index contributed by atoms with van der Waals surface area (Å²) < 4.78 is 52.0. The lowest BCUT2D eigenvalue weighted by molar-refractivity contribution is -0.121. The van der Waals surface area contributed by atoms with Crippen molar-refractivity contribution in [2.75, 3.05) is 5.32 Å². The number of anilines is 1. The van der Waals surface area contributed by atoms with Gasteiger partial charge in [-0.15, -0.1) is 0 Å². The van der Waals surface area contributed by atoms with Crippen molar-refractivity contribution in [3.63, 3.8) is 0 Å². The second-order valence-electron chi connectivity index (χ2n) is 8.19. The van der Waals surface area contributed by atoms with Gasteiger partial charge in [-0.2, -0.15) is 5.26 Å². The average molecular weight is 473 g/mol. The maximum Gasteiger partial charge on any atom is 0.271 e. The molecule has 0 radical (unpaired) electrons. The number of benzene rings is 1. The molecule has 1 aromatic heterocycles. The number of rotatable bonds is 8. The Morgan fingerprint density at radius 3 is 2.56 bits per heavy atom. The summed E-state index contributed by atoms with van der Waals surface area (Å²) >= 11 is 0. The van der Waals surface area contributed by atoms with Crippen LogP contribution in [0.5, 0.6) is 0 Å². The number of carbonyl (C=O) groups is 1. The van der Waals surface area contributed by atoms with E-state index in [-0.39, 0.29) is 17.8 Å². The largest absolute Gasteiger partial charge is 0.455 e. The Hall–Kier alpha value is -3.81.